The maximum absolute atomic E-state index is 13.7. The van der Waals surface area contributed by atoms with E-state index in [-0.39, 0.29) is 11.7 Å². The van der Waals surface area contributed by atoms with Gasteiger partial charge in [-0.1, -0.05) is 36.4 Å². The molecule has 144 valence electrons. The molecule has 0 aliphatic carbocycles. The van der Waals surface area contributed by atoms with E-state index in [2.05, 4.69) is 15.3 Å². The number of hydrogen-bond acceptors (Lipinski definition) is 4. The number of benzene rings is 2. The van der Waals surface area contributed by atoms with Gasteiger partial charge in [0.25, 0.3) is 5.91 Å². The van der Waals surface area contributed by atoms with Crippen molar-refractivity contribution >= 4 is 17.5 Å². The number of nitrogens with one attached hydrogen (secondary N) is 1. The fourth-order valence-corrected chi connectivity index (χ4v) is 2.96. The summed E-state index contributed by atoms with van der Waals surface area (Å²) in [5.41, 5.74) is 2.46. The van der Waals surface area contributed by atoms with Crippen LogP contribution < -0.4 is 10.2 Å². The van der Waals surface area contributed by atoms with Crippen LogP contribution in [-0.4, -0.2) is 29.0 Å². The van der Waals surface area contributed by atoms with Gasteiger partial charge in [-0.2, -0.15) is 0 Å². The van der Waals surface area contributed by atoms with Crippen LogP contribution in [0.4, 0.5) is 16.0 Å². The number of rotatable bonds is 7. The summed E-state index contributed by atoms with van der Waals surface area (Å²) in [6.45, 7) is 4.74. The van der Waals surface area contributed by atoms with Crippen molar-refractivity contribution in [3.05, 3.63) is 83.4 Å². The molecule has 3 rings (SSSR count). The van der Waals surface area contributed by atoms with Crippen LogP contribution >= 0.6 is 0 Å². The summed E-state index contributed by atoms with van der Waals surface area (Å²) in [5, 5.41) is 3.09. The zero-order chi connectivity index (χ0) is 19.9. The molecule has 0 aliphatic rings. The van der Waals surface area contributed by atoms with Crippen LogP contribution in [0.25, 0.3) is 0 Å². The lowest BCUT2D eigenvalue weighted by atomic mass is 10.1. The second-order valence-corrected chi connectivity index (χ2v) is 6.37. The number of para-hydroxylation sites is 1. The van der Waals surface area contributed by atoms with Crippen LogP contribution in [0.15, 0.2) is 60.7 Å². The molecule has 5 nitrogen and oxygen atoms in total. The molecule has 6 heteroatoms. The van der Waals surface area contributed by atoms with Crippen molar-refractivity contribution in [2.45, 2.75) is 20.3 Å². The molecule has 0 aliphatic heterocycles. The van der Waals surface area contributed by atoms with Crippen LogP contribution in [0.5, 0.6) is 0 Å². The smallest absolute Gasteiger partial charge is 0.277 e. The summed E-state index contributed by atoms with van der Waals surface area (Å²) in [5.74, 6) is -0.0491. The van der Waals surface area contributed by atoms with Crippen molar-refractivity contribution in [1.82, 2.24) is 9.97 Å². The van der Waals surface area contributed by atoms with Gasteiger partial charge in [-0.15, -0.1) is 0 Å². The number of hydrogen-bond donors (Lipinski definition) is 1. The lowest BCUT2D eigenvalue weighted by Gasteiger charge is -2.21. The summed E-state index contributed by atoms with van der Waals surface area (Å²) < 4.78 is 13.7. The van der Waals surface area contributed by atoms with Crippen molar-refractivity contribution in [3.8, 4) is 0 Å². The summed E-state index contributed by atoms with van der Waals surface area (Å²) in [4.78, 5) is 23.4. The summed E-state index contributed by atoms with van der Waals surface area (Å²) in [6.07, 6.45) is 0.498. The lowest BCUT2D eigenvalue weighted by Crippen LogP contribution is -2.31. The second-order valence-electron chi connectivity index (χ2n) is 6.37. The first-order valence-corrected chi connectivity index (χ1v) is 9.28. The van der Waals surface area contributed by atoms with E-state index in [1.54, 1.807) is 29.2 Å². The molecule has 0 spiro atoms. The van der Waals surface area contributed by atoms with Gasteiger partial charge in [0.05, 0.1) is 0 Å². The van der Waals surface area contributed by atoms with E-state index in [4.69, 9.17) is 0 Å². The quantitative estimate of drug-likeness (QED) is 0.668. The fourth-order valence-electron chi connectivity index (χ4n) is 2.96. The number of amides is 1. The molecule has 0 fully saturated rings. The number of anilines is 2. The van der Waals surface area contributed by atoms with Crippen LogP contribution in [0, 0.1) is 12.7 Å². The SMILES string of the molecule is CCN(C(=O)c1cc(C)nc(NCCc2ccccc2F)n1)c1ccccc1. The molecule has 1 aromatic heterocycles. The highest BCUT2D eigenvalue weighted by Crippen LogP contribution is 2.17. The zero-order valence-electron chi connectivity index (χ0n) is 16.0. The molecule has 0 saturated carbocycles. The third-order valence-electron chi connectivity index (χ3n) is 4.34. The molecule has 0 unspecified atom stereocenters. The minimum Gasteiger partial charge on any atom is -0.354 e. The molecule has 1 amide bonds. The van der Waals surface area contributed by atoms with Crippen LogP contribution in [0.3, 0.4) is 0 Å². The Hall–Kier alpha value is -3.28. The number of aryl methyl sites for hydroxylation is 1. The number of carbonyl (C=O) groups is 1. The van der Waals surface area contributed by atoms with Crippen LogP contribution in [0.2, 0.25) is 0 Å². The zero-order valence-corrected chi connectivity index (χ0v) is 16.0. The minimum atomic E-state index is -0.230. The monoisotopic (exact) mass is 378 g/mol. The largest absolute Gasteiger partial charge is 0.354 e. The van der Waals surface area contributed by atoms with Crippen molar-refractivity contribution in [3.63, 3.8) is 0 Å². The van der Waals surface area contributed by atoms with E-state index >= 15 is 0 Å². The Bertz CT molecular complexity index is 946. The highest BCUT2D eigenvalue weighted by molar-refractivity contribution is 6.04. The summed E-state index contributed by atoms with van der Waals surface area (Å²) in [7, 11) is 0. The Balaban J connectivity index is 1.73. The van der Waals surface area contributed by atoms with Gasteiger partial charge >= 0.3 is 0 Å². The van der Waals surface area contributed by atoms with E-state index in [1.807, 2.05) is 44.2 Å². The molecule has 3 aromatic rings. The molecule has 0 saturated heterocycles. The van der Waals surface area contributed by atoms with E-state index < -0.39 is 0 Å². The van der Waals surface area contributed by atoms with E-state index in [0.717, 1.165) is 5.69 Å². The lowest BCUT2D eigenvalue weighted by molar-refractivity contribution is 0.0983. The maximum Gasteiger partial charge on any atom is 0.277 e. The Kier molecular flexibility index (Phi) is 6.32. The minimum absolute atomic E-state index is 0.184. The summed E-state index contributed by atoms with van der Waals surface area (Å²) >= 11 is 0. The topological polar surface area (TPSA) is 58.1 Å². The van der Waals surface area contributed by atoms with Gasteiger partial charge in [-0.25, -0.2) is 14.4 Å². The maximum atomic E-state index is 13.7. The Morgan fingerprint density at radius 2 is 1.79 bits per heavy atom. The highest BCUT2D eigenvalue weighted by Gasteiger charge is 2.18. The first-order valence-electron chi connectivity index (χ1n) is 9.28. The third kappa shape index (κ3) is 4.71. The van der Waals surface area contributed by atoms with E-state index in [0.29, 0.717) is 42.4 Å². The number of nitrogens with zero attached hydrogens (tertiary/aromatic N) is 3. The van der Waals surface area contributed by atoms with Crippen molar-refractivity contribution in [1.29, 1.82) is 0 Å². The van der Waals surface area contributed by atoms with Gasteiger partial charge in [0.15, 0.2) is 0 Å². The third-order valence-corrected chi connectivity index (χ3v) is 4.34. The average molecular weight is 378 g/mol. The van der Waals surface area contributed by atoms with Gasteiger partial charge in [0.2, 0.25) is 5.95 Å². The van der Waals surface area contributed by atoms with Gasteiger partial charge in [-0.05, 0) is 50.1 Å². The van der Waals surface area contributed by atoms with Gasteiger partial charge in [0, 0.05) is 24.5 Å². The fraction of sp³-hybridized carbons (Fsp3) is 0.227. The molecular formula is C22H23FN4O. The van der Waals surface area contributed by atoms with Gasteiger partial charge in [0.1, 0.15) is 11.5 Å². The molecule has 2 aromatic carbocycles. The predicted molar refractivity (Wildman–Crippen MR) is 109 cm³/mol. The van der Waals surface area contributed by atoms with Crippen LogP contribution in [0.1, 0.15) is 28.7 Å². The average Bonchev–Trinajstić information content (AvgIpc) is 2.70. The normalized spacial score (nSPS) is 10.5. The summed E-state index contributed by atoms with van der Waals surface area (Å²) in [6, 6.07) is 17.8. The number of aromatic nitrogens is 2. The first kappa shape index (κ1) is 19.5. The van der Waals surface area contributed by atoms with E-state index in [1.165, 1.54) is 6.07 Å². The Morgan fingerprint density at radius 3 is 2.50 bits per heavy atom. The molecule has 0 atom stereocenters. The molecule has 28 heavy (non-hydrogen) atoms. The Morgan fingerprint density at radius 1 is 1.07 bits per heavy atom. The van der Waals surface area contributed by atoms with Gasteiger partial charge in [-0.3, -0.25) is 4.79 Å². The number of carbonyl (C=O) groups excluding carboxylic acids is 1. The van der Waals surface area contributed by atoms with Crippen LogP contribution in [-0.2, 0) is 6.42 Å². The first-order chi connectivity index (χ1) is 13.6. The van der Waals surface area contributed by atoms with Crippen molar-refractivity contribution in [2.75, 3.05) is 23.3 Å². The molecule has 1 heterocycles. The molecule has 1 N–H and O–H groups in total. The molecule has 0 bridgehead atoms. The van der Waals surface area contributed by atoms with E-state index in [9.17, 15) is 9.18 Å². The molecular weight excluding hydrogens is 355 g/mol. The second kappa shape index (κ2) is 9.08. The Labute approximate surface area is 164 Å². The predicted octanol–water partition coefficient (Wildman–Crippen LogP) is 4.25. The highest BCUT2D eigenvalue weighted by atomic mass is 19.1. The number of halogens is 1. The van der Waals surface area contributed by atoms with Crippen molar-refractivity contribution < 1.29 is 9.18 Å². The van der Waals surface area contributed by atoms with Gasteiger partial charge < -0.3 is 10.2 Å². The van der Waals surface area contributed by atoms with Crippen molar-refractivity contribution in [2.24, 2.45) is 0 Å². The standard InChI is InChI=1S/C22H23FN4O/c1-3-27(18-10-5-4-6-11-18)21(28)20-15-16(2)25-22(26-20)24-14-13-17-9-7-8-12-19(17)23/h4-12,15H,3,13-14H2,1-2H3,(H,24,25,26). The molecule has 0 radical (unpaired) electrons.